The Morgan fingerprint density at radius 3 is 2.35 bits per heavy atom. The number of likely N-dealkylation sites (tertiary alicyclic amines) is 1. The number of hydrogen-bond donors (Lipinski definition) is 0. The summed E-state index contributed by atoms with van der Waals surface area (Å²) in [5, 5.41) is -0.300. The topological polar surface area (TPSA) is 68.7 Å². The first-order valence-electron chi connectivity index (χ1n) is 11.3. The van der Waals surface area contributed by atoms with Gasteiger partial charge in [0.15, 0.2) is 13.4 Å². The van der Waals surface area contributed by atoms with Gasteiger partial charge in [0.25, 0.3) is 0 Å². The molecule has 0 bridgehead atoms. The number of fused-ring (bicyclic) bond motifs is 1. The fourth-order valence-corrected chi connectivity index (χ4v) is 9.72. The Morgan fingerprint density at radius 1 is 1.18 bits per heavy atom. The number of carbonyl (C=O) groups is 2. The van der Waals surface area contributed by atoms with Crippen molar-refractivity contribution in [2.24, 2.45) is 11.3 Å². The Morgan fingerprint density at radius 2 is 1.82 bits per heavy atom. The third kappa shape index (κ3) is 5.11. The standard InChI is InChI=1S/C24H34N2O4S3Si/c1-14(2)18(21(28)29-7)26-19(27)17(24(6,23(3,4)5)30-34(8)9)20(26)32-33-22-25-15-12-10-11-13-16(15)31-22/h10-13,17,20,34H,1-9H3/t17?,20?,24-/m0/s1. The number of para-hydroxylation sites is 1. The smallest absolute Gasteiger partial charge is 0.354 e. The molecule has 2 unspecified atom stereocenters. The van der Waals surface area contributed by atoms with Gasteiger partial charge in [0.2, 0.25) is 5.91 Å². The number of benzene rings is 1. The molecular formula is C24H34N2O4S3Si. The fraction of sp³-hybridized carbons (Fsp3) is 0.542. The molecule has 186 valence electrons. The van der Waals surface area contributed by atoms with Crippen LogP contribution in [-0.2, 0) is 18.8 Å². The second-order valence-electron chi connectivity index (χ2n) is 10.1. The molecule has 1 amide bonds. The van der Waals surface area contributed by atoms with E-state index in [-0.39, 0.29) is 16.7 Å². The van der Waals surface area contributed by atoms with Crippen molar-refractivity contribution in [1.82, 2.24) is 9.88 Å². The van der Waals surface area contributed by atoms with E-state index in [4.69, 9.17) is 14.1 Å². The van der Waals surface area contributed by atoms with Crippen molar-refractivity contribution in [2.45, 2.75) is 70.0 Å². The maximum atomic E-state index is 13.7. The van der Waals surface area contributed by atoms with Gasteiger partial charge >= 0.3 is 5.97 Å². The lowest BCUT2D eigenvalue weighted by Crippen LogP contribution is -2.70. The molecule has 3 atom stereocenters. The van der Waals surface area contributed by atoms with Gasteiger partial charge < -0.3 is 9.16 Å². The number of β-lactam (4-membered cyclic amide) rings is 1. The van der Waals surface area contributed by atoms with Crippen LogP contribution in [0.3, 0.4) is 0 Å². The van der Waals surface area contributed by atoms with Crippen LogP contribution in [0.4, 0.5) is 0 Å². The molecule has 0 N–H and O–H groups in total. The van der Waals surface area contributed by atoms with E-state index < -0.39 is 26.5 Å². The summed E-state index contributed by atoms with van der Waals surface area (Å²) in [5.74, 6) is -1.01. The van der Waals surface area contributed by atoms with Crippen LogP contribution in [0, 0.1) is 11.3 Å². The Bertz CT molecular complexity index is 1070. The fourth-order valence-electron chi connectivity index (χ4n) is 4.13. The average Bonchev–Trinajstić information content (AvgIpc) is 3.15. The number of thiazole rings is 1. The van der Waals surface area contributed by atoms with Gasteiger partial charge in [-0.3, -0.25) is 9.69 Å². The summed E-state index contributed by atoms with van der Waals surface area (Å²) in [6, 6.07) is 8.04. The molecule has 2 aromatic rings. The molecule has 3 rings (SSSR count). The minimum Gasteiger partial charge on any atom is -0.464 e. The van der Waals surface area contributed by atoms with Crippen molar-refractivity contribution >= 4 is 64.1 Å². The Hall–Kier alpha value is -1.33. The lowest BCUT2D eigenvalue weighted by atomic mass is 9.66. The van der Waals surface area contributed by atoms with Gasteiger partial charge in [0.1, 0.15) is 11.1 Å². The van der Waals surface area contributed by atoms with E-state index >= 15 is 0 Å². The lowest BCUT2D eigenvalue weighted by Gasteiger charge is -2.58. The van der Waals surface area contributed by atoms with Crippen molar-refractivity contribution in [3.8, 4) is 0 Å². The summed E-state index contributed by atoms with van der Waals surface area (Å²) in [5.41, 5.74) is 1.04. The Labute approximate surface area is 216 Å². The first-order valence-corrected chi connectivity index (χ1v) is 17.1. The lowest BCUT2D eigenvalue weighted by molar-refractivity contribution is -0.174. The Balaban J connectivity index is 2.01. The predicted octanol–water partition coefficient (Wildman–Crippen LogP) is 6.09. The third-order valence-electron chi connectivity index (χ3n) is 6.19. The molecule has 1 aromatic heterocycles. The minimum absolute atomic E-state index is 0.101. The van der Waals surface area contributed by atoms with E-state index in [1.54, 1.807) is 37.8 Å². The van der Waals surface area contributed by atoms with Gasteiger partial charge in [-0.1, -0.05) is 43.7 Å². The van der Waals surface area contributed by atoms with Crippen molar-refractivity contribution in [1.29, 1.82) is 0 Å². The predicted molar refractivity (Wildman–Crippen MR) is 145 cm³/mol. The normalized spacial score (nSPS) is 20.3. The number of hydrogen-bond acceptors (Lipinski definition) is 8. The summed E-state index contributed by atoms with van der Waals surface area (Å²) in [4.78, 5) is 32.8. The maximum Gasteiger partial charge on any atom is 0.354 e. The molecule has 1 aromatic carbocycles. The van der Waals surface area contributed by atoms with E-state index in [1.165, 1.54) is 7.11 Å². The molecule has 10 heteroatoms. The maximum absolute atomic E-state index is 13.7. The number of allylic oxidation sites excluding steroid dienone is 1. The van der Waals surface area contributed by atoms with Crippen LogP contribution in [-0.4, -0.2) is 48.9 Å². The molecule has 0 aliphatic carbocycles. The monoisotopic (exact) mass is 538 g/mol. The number of amides is 1. The summed E-state index contributed by atoms with van der Waals surface area (Å²) >= 11 is 1.63. The van der Waals surface area contributed by atoms with E-state index in [1.807, 2.05) is 32.0 Å². The highest BCUT2D eigenvalue weighted by atomic mass is 33.1. The van der Waals surface area contributed by atoms with E-state index in [0.717, 1.165) is 20.1 Å². The quantitative estimate of drug-likeness (QED) is 0.132. The largest absolute Gasteiger partial charge is 0.464 e. The molecule has 0 saturated carbocycles. The number of methoxy groups -OCH3 is 1. The van der Waals surface area contributed by atoms with Crippen molar-refractivity contribution < 1.29 is 18.8 Å². The van der Waals surface area contributed by atoms with Crippen LogP contribution in [0.25, 0.3) is 10.2 Å². The zero-order chi connectivity index (χ0) is 25.4. The summed E-state index contributed by atoms with van der Waals surface area (Å²) in [6.45, 7) is 16.3. The number of nitrogens with zero attached hydrogens (tertiary/aromatic N) is 2. The first-order chi connectivity index (χ1) is 15.8. The molecule has 1 saturated heterocycles. The highest BCUT2D eigenvalue weighted by molar-refractivity contribution is 8.77. The van der Waals surface area contributed by atoms with E-state index in [0.29, 0.717) is 5.70 Å². The van der Waals surface area contributed by atoms with E-state index in [2.05, 4.69) is 46.9 Å². The van der Waals surface area contributed by atoms with Gasteiger partial charge in [-0.2, -0.15) is 0 Å². The zero-order valence-electron chi connectivity index (χ0n) is 21.3. The van der Waals surface area contributed by atoms with Crippen LogP contribution >= 0.6 is 32.9 Å². The van der Waals surface area contributed by atoms with Gasteiger partial charge in [-0.15, -0.1) is 11.3 Å². The van der Waals surface area contributed by atoms with Crippen molar-refractivity contribution in [2.75, 3.05) is 7.11 Å². The second kappa shape index (κ2) is 10.3. The molecular weight excluding hydrogens is 505 g/mol. The van der Waals surface area contributed by atoms with Crippen LogP contribution < -0.4 is 0 Å². The zero-order valence-corrected chi connectivity index (χ0v) is 24.9. The minimum atomic E-state index is -1.48. The van der Waals surface area contributed by atoms with Gasteiger partial charge in [0, 0.05) is 0 Å². The number of ether oxygens (including phenoxy) is 1. The summed E-state index contributed by atoms with van der Waals surface area (Å²) in [6.07, 6.45) is 0. The van der Waals surface area contributed by atoms with Crippen LogP contribution in [0.5, 0.6) is 0 Å². The van der Waals surface area contributed by atoms with Crippen LogP contribution in [0.15, 0.2) is 39.9 Å². The molecule has 1 fully saturated rings. The summed E-state index contributed by atoms with van der Waals surface area (Å²) < 4.78 is 13.7. The van der Waals surface area contributed by atoms with Crippen LogP contribution in [0.1, 0.15) is 41.5 Å². The highest BCUT2D eigenvalue weighted by Gasteiger charge is 2.63. The molecule has 6 nitrogen and oxygen atoms in total. The summed E-state index contributed by atoms with van der Waals surface area (Å²) in [7, 11) is 2.97. The molecule has 1 aliphatic heterocycles. The number of carbonyl (C=O) groups excluding carboxylic acids is 2. The number of esters is 1. The van der Waals surface area contributed by atoms with Crippen LogP contribution in [0.2, 0.25) is 13.1 Å². The van der Waals surface area contributed by atoms with Gasteiger partial charge in [-0.05, 0) is 67.8 Å². The highest BCUT2D eigenvalue weighted by Crippen LogP contribution is 2.55. The number of rotatable bonds is 8. The second-order valence-corrected chi connectivity index (χ2v) is 16.0. The third-order valence-corrected chi connectivity index (χ3v) is 11.2. The molecule has 2 heterocycles. The molecule has 1 aliphatic rings. The number of aromatic nitrogens is 1. The average molecular weight is 539 g/mol. The molecule has 0 radical (unpaired) electrons. The first kappa shape index (κ1) is 27.3. The van der Waals surface area contributed by atoms with Crippen molar-refractivity contribution in [3.63, 3.8) is 0 Å². The molecule has 34 heavy (non-hydrogen) atoms. The van der Waals surface area contributed by atoms with Gasteiger partial charge in [-0.25, -0.2) is 9.78 Å². The van der Waals surface area contributed by atoms with Crippen molar-refractivity contribution in [3.05, 3.63) is 35.5 Å². The van der Waals surface area contributed by atoms with Gasteiger partial charge in [0.05, 0.1) is 28.8 Å². The Kier molecular flexibility index (Phi) is 8.29. The molecule has 0 spiro atoms. The SMILES string of the molecule is COC(=O)C(=C(C)C)N1C(=O)C([C@](C)(O[SiH](C)C)C(C)(C)C)C1SSc1nc2ccccc2s1. The van der Waals surface area contributed by atoms with E-state index in [9.17, 15) is 9.59 Å².